The van der Waals surface area contributed by atoms with E-state index < -0.39 is 0 Å². The van der Waals surface area contributed by atoms with Crippen molar-refractivity contribution in [1.82, 2.24) is 4.90 Å². The summed E-state index contributed by atoms with van der Waals surface area (Å²) >= 11 is 12.0. The highest BCUT2D eigenvalue weighted by Gasteiger charge is 2.10. The minimum atomic E-state index is -0.139. The molecular weight excluding hydrogens is 283 g/mol. The Balaban J connectivity index is 2.58. The minimum absolute atomic E-state index is 0.139. The number of hydrogen-bond donors (Lipinski definition) is 1. The third-order valence-electron chi connectivity index (χ3n) is 2.45. The molecule has 0 aliphatic heterocycles. The molecule has 0 unspecified atom stereocenters. The largest absolute Gasteiger partial charge is 0.322 e. The van der Waals surface area contributed by atoms with Crippen molar-refractivity contribution in [2.24, 2.45) is 0 Å². The number of hydrogen-bond acceptors (Lipinski definition) is 2. The lowest BCUT2D eigenvalue weighted by Gasteiger charge is -2.15. The molecule has 19 heavy (non-hydrogen) atoms. The summed E-state index contributed by atoms with van der Waals surface area (Å²) in [4.78, 5) is 13.8. The van der Waals surface area contributed by atoms with Crippen LogP contribution in [0.4, 0.5) is 5.69 Å². The van der Waals surface area contributed by atoms with Crippen LogP contribution < -0.4 is 5.32 Å². The summed E-state index contributed by atoms with van der Waals surface area (Å²) in [6.45, 7) is 5.06. The Hall–Kier alpha value is -1.03. The van der Waals surface area contributed by atoms with Crippen molar-refractivity contribution in [3.05, 3.63) is 39.9 Å². The topological polar surface area (TPSA) is 32.3 Å². The van der Waals surface area contributed by atoms with Crippen LogP contribution in [0.15, 0.2) is 29.8 Å². The summed E-state index contributed by atoms with van der Waals surface area (Å²) in [5, 5.41) is 3.61. The Morgan fingerprint density at radius 2 is 1.89 bits per heavy atom. The number of rotatable bonds is 5. The molecular formula is C14H18Cl2N2O. The minimum Gasteiger partial charge on any atom is -0.322 e. The quantitative estimate of drug-likeness (QED) is 0.838. The number of anilines is 1. The first-order valence-electron chi connectivity index (χ1n) is 5.96. The van der Waals surface area contributed by atoms with E-state index in [1.807, 2.05) is 25.8 Å². The van der Waals surface area contributed by atoms with Crippen LogP contribution in [-0.2, 0) is 4.79 Å². The van der Waals surface area contributed by atoms with Gasteiger partial charge in [0.25, 0.3) is 0 Å². The molecule has 0 aliphatic carbocycles. The zero-order valence-corrected chi connectivity index (χ0v) is 12.8. The second-order valence-corrected chi connectivity index (χ2v) is 5.44. The van der Waals surface area contributed by atoms with Crippen molar-refractivity contribution in [1.29, 1.82) is 0 Å². The van der Waals surface area contributed by atoms with Crippen LogP contribution in [0.5, 0.6) is 0 Å². The zero-order valence-electron chi connectivity index (χ0n) is 11.3. The standard InChI is InChI=1S/C14H18Cl2N2O/c1-10(2)7-8-18(3)9-13(19)17-14-11(15)5-4-6-12(14)16/h4-7H,8-9H2,1-3H3,(H,17,19). The second kappa shape index (κ2) is 7.53. The normalized spacial score (nSPS) is 10.4. The van der Waals surface area contributed by atoms with E-state index in [-0.39, 0.29) is 12.5 Å². The van der Waals surface area contributed by atoms with Crippen molar-refractivity contribution >= 4 is 34.8 Å². The van der Waals surface area contributed by atoms with Gasteiger partial charge < -0.3 is 5.32 Å². The maximum Gasteiger partial charge on any atom is 0.238 e. The van der Waals surface area contributed by atoms with Crippen molar-refractivity contribution < 1.29 is 4.79 Å². The molecule has 1 rings (SSSR count). The molecule has 1 N–H and O–H groups in total. The molecule has 0 radical (unpaired) electrons. The van der Waals surface area contributed by atoms with Crippen LogP contribution in [0.3, 0.4) is 0 Å². The SMILES string of the molecule is CC(C)=CCN(C)CC(=O)Nc1c(Cl)cccc1Cl. The lowest BCUT2D eigenvalue weighted by Crippen LogP contribution is -2.30. The van der Waals surface area contributed by atoms with Crippen LogP contribution in [0, 0.1) is 0 Å². The molecule has 5 heteroatoms. The lowest BCUT2D eigenvalue weighted by molar-refractivity contribution is -0.116. The summed E-state index contributed by atoms with van der Waals surface area (Å²) in [5.74, 6) is -0.139. The Morgan fingerprint density at radius 1 is 1.32 bits per heavy atom. The van der Waals surface area contributed by atoms with Gasteiger partial charge in [0.15, 0.2) is 0 Å². The molecule has 0 saturated heterocycles. The van der Waals surface area contributed by atoms with E-state index in [0.29, 0.717) is 15.7 Å². The number of para-hydroxylation sites is 1. The number of amides is 1. The fourth-order valence-corrected chi connectivity index (χ4v) is 1.94. The van der Waals surface area contributed by atoms with E-state index in [0.717, 1.165) is 6.54 Å². The molecule has 0 aliphatic rings. The Labute approximate surface area is 124 Å². The number of nitrogens with zero attached hydrogens (tertiary/aromatic N) is 1. The maximum atomic E-state index is 11.9. The number of carbonyl (C=O) groups is 1. The smallest absolute Gasteiger partial charge is 0.238 e. The summed E-state index contributed by atoms with van der Waals surface area (Å²) in [5.41, 5.74) is 1.69. The van der Waals surface area contributed by atoms with Crippen LogP contribution in [0.1, 0.15) is 13.8 Å². The van der Waals surface area contributed by atoms with Crippen molar-refractivity contribution in [2.75, 3.05) is 25.5 Å². The monoisotopic (exact) mass is 300 g/mol. The Morgan fingerprint density at radius 3 is 2.42 bits per heavy atom. The molecule has 1 amide bonds. The molecule has 3 nitrogen and oxygen atoms in total. The second-order valence-electron chi connectivity index (χ2n) is 4.62. The third kappa shape index (κ3) is 5.64. The summed E-state index contributed by atoms with van der Waals surface area (Å²) < 4.78 is 0. The summed E-state index contributed by atoms with van der Waals surface area (Å²) in [7, 11) is 1.88. The molecule has 104 valence electrons. The van der Waals surface area contributed by atoms with Crippen molar-refractivity contribution in [3.8, 4) is 0 Å². The van der Waals surface area contributed by atoms with E-state index in [2.05, 4.69) is 11.4 Å². The van der Waals surface area contributed by atoms with E-state index in [9.17, 15) is 4.79 Å². The van der Waals surface area contributed by atoms with Gasteiger partial charge in [-0.05, 0) is 33.0 Å². The lowest BCUT2D eigenvalue weighted by atomic mass is 10.3. The highest BCUT2D eigenvalue weighted by atomic mass is 35.5. The number of halogens is 2. The molecule has 0 fully saturated rings. The van der Waals surface area contributed by atoms with Gasteiger partial charge >= 0.3 is 0 Å². The molecule has 1 aromatic rings. The molecule has 0 atom stereocenters. The number of benzene rings is 1. The number of allylic oxidation sites excluding steroid dienone is 1. The third-order valence-corrected chi connectivity index (χ3v) is 3.08. The Bertz CT molecular complexity index is 462. The summed E-state index contributed by atoms with van der Waals surface area (Å²) in [6.07, 6.45) is 2.07. The predicted octanol–water partition coefficient (Wildman–Crippen LogP) is 3.83. The molecule has 0 saturated carbocycles. The average molecular weight is 301 g/mol. The van der Waals surface area contributed by atoms with Gasteiger partial charge in [0.1, 0.15) is 0 Å². The van der Waals surface area contributed by atoms with Crippen LogP contribution in [0.25, 0.3) is 0 Å². The highest BCUT2D eigenvalue weighted by Crippen LogP contribution is 2.29. The van der Waals surface area contributed by atoms with Gasteiger partial charge in [0, 0.05) is 6.54 Å². The fraction of sp³-hybridized carbons (Fsp3) is 0.357. The first kappa shape index (κ1) is 16.0. The van der Waals surface area contributed by atoms with Gasteiger partial charge in [-0.3, -0.25) is 9.69 Å². The van der Waals surface area contributed by atoms with Crippen LogP contribution in [-0.4, -0.2) is 30.9 Å². The summed E-state index contributed by atoms with van der Waals surface area (Å²) in [6, 6.07) is 5.12. The molecule has 0 aromatic heterocycles. The van der Waals surface area contributed by atoms with Crippen LogP contribution in [0.2, 0.25) is 10.0 Å². The van der Waals surface area contributed by atoms with E-state index in [4.69, 9.17) is 23.2 Å². The van der Waals surface area contributed by atoms with Gasteiger partial charge in [0.2, 0.25) is 5.91 Å². The van der Waals surface area contributed by atoms with Crippen molar-refractivity contribution in [3.63, 3.8) is 0 Å². The van der Waals surface area contributed by atoms with E-state index in [1.54, 1.807) is 18.2 Å². The van der Waals surface area contributed by atoms with Gasteiger partial charge in [0.05, 0.1) is 22.3 Å². The maximum absolute atomic E-state index is 11.9. The fourth-order valence-electron chi connectivity index (χ4n) is 1.44. The Kier molecular flexibility index (Phi) is 6.35. The van der Waals surface area contributed by atoms with E-state index in [1.165, 1.54) is 5.57 Å². The zero-order chi connectivity index (χ0) is 14.4. The first-order valence-corrected chi connectivity index (χ1v) is 6.71. The highest BCUT2D eigenvalue weighted by molar-refractivity contribution is 6.39. The average Bonchev–Trinajstić information content (AvgIpc) is 2.31. The molecule has 1 aromatic carbocycles. The first-order chi connectivity index (χ1) is 8.90. The number of carbonyl (C=O) groups excluding carboxylic acids is 1. The molecule has 0 heterocycles. The van der Waals surface area contributed by atoms with Crippen molar-refractivity contribution in [2.45, 2.75) is 13.8 Å². The number of likely N-dealkylation sites (N-methyl/N-ethyl adjacent to an activating group) is 1. The van der Waals surface area contributed by atoms with Crippen LogP contribution >= 0.6 is 23.2 Å². The predicted molar refractivity (Wildman–Crippen MR) is 82.0 cm³/mol. The van der Waals surface area contributed by atoms with E-state index >= 15 is 0 Å². The van der Waals surface area contributed by atoms with Gasteiger partial charge in [-0.2, -0.15) is 0 Å². The molecule has 0 spiro atoms. The van der Waals surface area contributed by atoms with Gasteiger partial charge in [-0.15, -0.1) is 0 Å². The number of nitrogens with one attached hydrogen (secondary N) is 1. The molecule has 0 bridgehead atoms. The van der Waals surface area contributed by atoms with Gasteiger partial charge in [-0.1, -0.05) is 40.9 Å². The van der Waals surface area contributed by atoms with Gasteiger partial charge in [-0.25, -0.2) is 0 Å².